The Morgan fingerprint density at radius 2 is 2.11 bits per heavy atom. The Bertz CT molecular complexity index is 1040. The minimum absolute atomic E-state index is 0.0711. The number of hydrogen-bond acceptors (Lipinski definition) is 6. The topological polar surface area (TPSA) is 77.5 Å². The quantitative estimate of drug-likeness (QED) is 0.508. The molecule has 0 radical (unpaired) electrons. The molecule has 0 aliphatic carbocycles. The number of halogens is 2. The number of ether oxygens (including phenoxy) is 2. The van der Waals surface area contributed by atoms with Gasteiger partial charge in [0.2, 0.25) is 0 Å². The maximum Gasteiger partial charge on any atom is 0.265 e. The summed E-state index contributed by atoms with van der Waals surface area (Å²) in [6.45, 7) is 0.300. The minimum atomic E-state index is -3.93. The van der Waals surface area contributed by atoms with Crippen LogP contribution in [0.5, 0.6) is 11.5 Å². The number of sulfonamides is 1. The molecule has 1 aromatic heterocycles. The van der Waals surface area contributed by atoms with Crippen molar-refractivity contribution in [3.63, 3.8) is 0 Å². The van der Waals surface area contributed by atoms with E-state index in [0.29, 0.717) is 22.5 Å². The Kier molecular flexibility index (Phi) is 6.25. The van der Waals surface area contributed by atoms with Crippen LogP contribution in [-0.4, -0.2) is 20.5 Å². The maximum absolute atomic E-state index is 12.8. The fourth-order valence-corrected chi connectivity index (χ4v) is 5.24. The summed E-state index contributed by atoms with van der Waals surface area (Å²) in [7, 11) is -2.54. The van der Waals surface area contributed by atoms with Crippen LogP contribution in [-0.2, 0) is 16.6 Å². The van der Waals surface area contributed by atoms with Gasteiger partial charge < -0.3 is 9.47 Å². The molecule has 0 spiro atoms. The predicted octanol–water partition coefficient (Wildman–Crippen LogP) is 4.95. The SMILES string of the molecule is COc1c(Br)cc(Cl)cc1S(=O)(=O)Nc1cccc(OCc2cscn2)c1. The molecule has 0 bridgehead atoms. The Morgan fingerprint density at radius 3 is 2.81 bits per heavy atom. The monoisotopic (exact) mass is 488 g/mol. The van der Waals surface area contributed by atoms with Crippen LogP contribution in [0.15, 0.2) is 56.7 Å². The average Bonchev–Trinajstić information content (AvgIpc) is 3.13. The molecule has 3 aromatic rings. The molecule has 0 aliphatic rings. The number of aromatic nitrogens is 1. The second-order valence-electron chi connectivity index (χ2n) is 5.32. The number of benzene rings is 2. The van der Waals surface area contributed by atoms with Crippen LogP contribution < -0.4 is 14.2 Å². The number of anilines is 1. The second kappa shape index (κ2) is 8.47. The molecule has 1 N–H and O–H groups in total. The van der Waals surface area contributed by atoms with Gasteiger partial charge in [0, 0.05) is 16.5 Å². The van der Waals surface area contributed by atoms with Crippen molar-refractivity contribution >= 4 is 54.6 Å². The van der Waals surface area contributed by atoms with E-state index < -0.39 is 10.0 Å². The lowest BCUT2D eigenvalue weighted by Crippen LogP contribution is -2.14. The average molecular weight is 490 g/mol. The van der Waals surface area contributed by atoms with Gasteiger partial charge in [-0.05, 0) is 40.2 Å². The Labute approximate surface area is 174 Å². The number of rotatable bonds is 7. The van der Waals surface area contributed by atoms with Crippen LogP contribution in [0.1, 0.15) is 5.69 Å². The zero-order valence-electron chi connectivity index (χ0n) is 14.0. The normalized spacial score (nSPS) is 11.2. The first kappa shape index (κ1) is 19.9. The molecule has 0 saturated heterocycles. The van der Waals surface area contributed by atoms with E-state index >= 15 is 0 Å². The van der Waals surface area contributed by atoms with E-state index in [1.54, 1.807) is 35.8 Å². The Balaban J connectivity index is 1.83. The lowest BCUT2D eigenvalue weighted by atomic mass is 10.3. The fourth-order valence-electron chi connectivity index (χ4n) is 2.26. The molecular weight excluding hydrogens is 476 g/mol. The third kappa shape index (κ3) is 4.92. The highest BCUT2D eigenvalue weighted by atomic mass is 79.9. The first-order chi connectivity index (χ1) is 12.9. The van der Waals surface area contributed by atoms with Crippen molar-refractivity contribution in [3.8, 4) is 11.5 Å². The van der Waals surface area contributed by atoms with Gasteiger partial charge in [-0.2, -0.15) is 0 Å². The largest absolute Gasteiger partial charge is 0.494 e. The van der Waals surface area contributed by atoms with Gasteiger partial charge in [-0.3, -0.25) is 4.72 Å². The van der Waals surface area contributed by atoms with E-state index in [0.717, 1.165) is 5.69 Å². The Hall–Kier alpha value is -1.81. The van der Waals surface area contributed by atoms with Crippen LogP contribution in [0.3, 0.4) is 0 Å². The van der Waals surface area contributed by atoms with Crippen LogP contribution in [0.25, 0.3) is 0 Å². The fraction of sp³-hybridized carbons (Fsp3) is 0.118. The van der Waals surface area contributed by atoms with E-state index in [1.165, 1.54) is 24.5 Å². The zero-order valence-corrected chi connectivity index (χ0v) is 18.0. The molecular formula is C17H14BrClN2O4S2. The summed E-state index contributed by atoms with van der Waals surface area (Å²) in [6, 6.07) is 9.54. The molecule has 10 heteroatoms. The highest BCUT2D eigenvalue weighted by Gasteiger charge is 2.23. The summed E-state index contributed by atoms with van der Waals surface area (Å²) in [5.41, 5.74) is 2.88. The van der Waals surface area contributed by atoms with Gasteiger partial charge in [-0.25, -0.2) is 13.4 Å². The van der Waals surface area contributed by atoms with Gasteiger partial charge in [-0.1, -0.05) is 17.7 Å². The lowest BCUT2D eigenvalue weighted by molar-refractivity contribution is 0.302. The highest BCUT2D eigenvalue weighted by molar-refractivity contribution is 9.10. The molecule has 6 nitrogen and oxygen atoms in total. The van der Waals surface area contributed by atoms with Gasteiger partial charge in [0.05, 0.1) is 28.5 Å². The molecule has 2 aromatic carbocycles. The summed E-state index contributed by atoms with van der Waals surface area (Å²) in [5, 5.41) is 2.15. The molecule has 0 saturated carbocycles. The first-order valence-electron chi connectivity index (χ1n) is 7.55. The molecule has 0 amide bonds. The lowest BCUT2D eigenvalue weighted by Gasteiger charge is -2.14. The third-order valence-electron chi connectivity index (χ3n) is 3.42. The highest BCUT2D eigenvalue weighted by Crippen LogP contribution is 2.36. The van der Waals surface area contributed by atoms with Crippen molar-refractivity contribution in [2.24, 2.45) is 0 Å². The summed E-state index contributed by atoms with van der Waals surface area (Å²) < 4.78 is 39.5. The molecule has 142 valence electrons. The number of hydrogen-bond donors (Lipinski definition) is 1. The van der Waals surface area contributed by atoms with Crippen molar-refractivity contribution in [1.82, 2.24) is 4.98 Å². The van der Waals surface area contributed by atoms with E-state index in [1.807, 2.05) is 5.38 Å². The van der Waals surface area contributed by atoms with E-state index in [4.69, 9.17) is 21.1 Å². The smallest absolute Gasteiger partial charge is 0.265 e. The van der Waals surface area contributed by atoms with Crippen molar-refractivity contribution in [2.75, 3.05) is 11.8 Å². The summed E-state index contributed by atoms with van der Waals surface area (Å²) in [6.07, 6.45) is 0. The zero-order chi connectivity index (χ0) is 19.4. The summed E-state index contributed by atoms with van der Waals surface area (Å²) in [5.74, 6) is 0.685. The third-order valence-corrected chi connectivity index (χ3v) is 6.25. The number of methoxy groups -OCH3 is 1. The van der Waals surface area contributed by atoms with Crippen molar-refractivity contribution in [1.29, 1.82) is 0 Å². The summed E-state index contributed by atoms with van der Waals surface area (Å²) >= 11 is 10.7. The molecule has 0 atom stereocenters. The standard InChI is InChI=1S/C17H14BrClN2O4S2/c1-24-17-15(18)5-11(19)6-16(17)27(22,23)21-12-3-2-4-14(7-12)25-8-13-9-26-10-20-13/h2-7,9-10,21H,8H2,1H3. The predicted molar refractivity (Wildman–Crippen MR) is 109 cm³/mol. The molecule has 3 rings (SSSR count). The molecule has 27 heavy (non-hydrogen) atoms. The van der Waals surface area contributed by atoms with E-state index in [9.17, 15) is 8.42 Å². The number of nitrogens with zero attached hydrogens (tertiary/aromatic N) is 1. The number of thiazole rings is 1. The van der Waals surface area contributed by atoms with Gasteiger partial charge >= 0.3 is 0 Å². The maximum atomic E-state index is 12.8. The van der Waals surface area contributed by atoms with E-state index in [2.05, 4.69) is 25.6 Å². The van der Waals surface area contributed by atoms with Crippen LogP contribution in [0, 0.1) is 0 Å². The number of nitrogens with one attached hydrogen (secondary N) is 1. The molecule has 0 aliphatic heterocycles. The van der Waals surface area contributed by atoms with Gasteiger partial charge in [0.25, 0.3) is 10.0 Å². The van der Waals surface area contributed by atoms with Gasteiger partial charge in [0.1, 0.15) is 17.3 Å². The van der Waals surface area contributed by atoms with Crippen LogP contribution >= 0.6 is 38.9 Å². The molecule has 0 fully saturated rings. The Morgan fingerprint density at radius 1 is 1.30 bits per heavy atom. The first-order valence-corrected chi connectivity index (χ1v) is 11.1. The van der Waals surface area contributed by atoms with E-state index in [-0.39, 0.29) is 15.7 Å². The molecule has 0 unspecified atom stereocenters. The van der Waals surface area contributed by atoms with Crippen molar-refractivity contribution < 1.29 is 17.9 Å². The van der Waals surface area contributed by atoms with Crippen molar-refractivity contribution in [2.45, 2.75) is 11.5 Å². The van der Waals surface area contributed by atoms with Crippen LogP contribution in [0.2, 0.25) is 5.02 Å². The second-order valence-corrected chi connectivity index (χ2v) is 8.98. The van der Waals surface area contributed by atoms with Gasteiger partial charge in [0.15, 0.2) is 5.75 Å². The minimum Gasteiger partial charge on any atom is -0.494 e. The summed E-state index contributed by atoms with van der Waals surface area (Å²) in [4.78, 5) is 4.07. The van der Waals surface area contributed by atoms with Gasteiger partial charge in [-0.15, -0.1) is 11.3 Å². The van der Waals surface area contributed by atoms with Crippen LogP contribution in [0.4, 0.5) is 5.69 Å². The molecule has 1 heterocycles. The van der Waals surface area contributed by atoms with Crippen molar-refractivity contribution in [3.05, 3.63) is 62.5 Å².